The first kappa shape index (κ1) is 37.9. The lowest BCUT2D eigenvalue weighted by atomic mass is 9.88. The normalized spacial score (nSPS) is 11.6. The van der Waals surface area contributed by atoms with Gasteiger partial charge >= 0.3 is 0 Å². The van der Waals surface area contributed by atoms with Crippen molar-refractivity contribution in [1.29, 1.82) is 0 Å². The summed E-state index contributed by atoms with van der Waals surface area (Å²) in [5, 5.41) is 15.0. The van der Waals surface area contributed by atoms with Crippen molar-refractivity contribution in [3.63, 3.8) is 0 Å². The third-order valence-electron chi connectivity index (χ3n) is 13.8. The van der Waals surface area contributed by atoms with Crippen molar-refractivity contribution in [3.8, 4) is 66.8 Å². The van der Waals surface area contributed by atoms with E-state index in [0.717, 1.165) is 0 Å². The van der Waals surface area contributed by atoms with E-state index in [9.17, 15) is 0 Å². The Balaban J connectivity index is 0.942. The molecule has 13 rings (SSSR count). The molecule has 0 amide bonds. The standard InChI is InChI=1S/C66H42/c1-5-21-57-43(13-1)17-9-25-61(57)53-37-51(38-54(41-53)62-26-10-18-44-14-2-6-22-58(44)62)47-31-33-65-49(35-47)29-30-50-36-48(32-34-66(50)65)52-39-55(63-27-11-19-45-15-3-7-23-59(45)63)42-56(40-52)64-28-12-20-46-16-4-8-24-60(46)64/h1-42H. The van der Waals surface area contributed by atoms with E-state index in [2.05, 4.69) is 255 Å². The van der Waals surface area contributed by atoms with Crippen molar-refractivity contribution in [2.75, 3.05) is 0 Å². The van der Waals surface area contributed by atoms with Crippen LogP contribution in [-0.4, -0.2) is 0 Å². The smallest absolute Gasteiger partial charge is 0.0105 e. The number of fused-ring (bicyclic) bond motifs is 7. The molecule has 0 saturated heterocycles. The fourth-order valence-corrected chi connectivity index (χ4v) is 10.5. The molecule has 0 bridgehead atoms. The SMILES string of the molecule is c1ccc2c(-c3cc(-c4ccc5c(ccc6cc(-c7cc(-c8cccc9ccccc89)cc(-c8cccc9ccccc89)c7)ccc65)c4)cc(-c4cccc5ccccc45)c3)cccc2c1. The quantitative estimate of drug-likeness (QED) is 0.146. The van der Waals surface area contributed by atoms with Gasteiger partial charge in [0.15, 0.2) is 0 Å². The summed E-state index contributed by atoms with van der Waals surface area (Å²) >= 11 is 0. The van der Waals surface area contributed by atoms with Crippen LogP contribution in [0.3, 0.4) is 0 Å². The first-order valence-corrected chi connectivity index (χ1v) is 22.9. The van der Waals surface area contributed by atoms with Crippen molar-refractivity contribution >= 4 is 64.6 Å². The summed E-state index contributed by atoms with van der Waals surface area (Å²) in [4.78, 5) is 0. The summed E-state index contributed by atoms with van der Waals surface area (Å²) in [5.74, 6) is 0. The average molecular weight is 835 g/mol. The zero-order valence-corrected chi connectivity index (χ0v) is 36.2. The van der Waals surface area contributed by atoms with Gasteiger partial charge in [-0.25, -0.2) is 0 Å². The maximum Gasteiger partial charge on any atom is -0.0105 e. The van der Waals surface area contributed by atoms with E-state index in [4.69, 9.17) is 0 Å². The molecule has 0 atom stereocenters. The summed E-state index contributed by atoms with van der Waals surface area (Å²) < 4.78 is 0. The molecule has 0 saturated carbocycles. The minimum Gasteiger partial charge on any atom is -0.0616 e. The molecule has 0 radical (unpaired) electrons. The molecule has 0 aliphatic heterocycles. The lowest BCUT2D eigenvalue weighted by molar-refractivity contribution is 1.60. The van der Waals surface area contributed by atoms with Gasteiger partial charge in [-0.3, -0.25) is 0 Å². The molecule has 0 heteroatoms. The zero-order valence-electron chi connectivity index (χ0n) is 36.2. The molecule has 0 unspecified atom stereocenters. The van der Waals surface area contributed by atoms with Gasteiger partial charge < -0.3 is 0 Å². The summed E-state index contributed by atoms with van der Waals surface area (Å²) in [6.07, 6.45) is 0. The van der Waals surface area contributed by atoms with E-state index in [-0.39, 0.29) is 0 Å². The zero-order chi connectivity index (χ0) is 43.6. The minimum atomic E-state index is 1.20. The van der Waals surface area contributed by atoms with E-state index in [1.165, 1.54) is 131 Å². The Kier molecular flexibility index (Phi) is 8.96. The number of hydrogen-bond donors (Lipinski definition) is 0. The van der Waals surface area contributed by atoms with Crippen LogP contribution in [0.1, 0.15) is 0 Å². The molecule has 0 aliphatic carbocycles. The molecule has 13 aromatic carbocycles. The highest BCUT2D eigenvalue weighted by Gasteiger charge is 2.15. The van der Waals surface area contributed by atoms with Crippen LogP contribution < -0.4 is 0 Å². The number of rotatable bonds is 6. The summed E-state index contributed by atoms with van der Waals surface area (Å²) in [6.45, 7) is 0. The van der Waals surface area contributed by atoms with Gasteiger partial charge in [0.2, 0.25) is 0 Å². The predicted octanol–water partition coefficient (Wildman–Crippen LogP) is 18.6. The first-order chi connectivity index (χ1) is 32.7. The molecule has 0 heterocycles. The molecule has 13 aromatic rings. The molecule has 306 valence electrons. The largest absolute Gasteiger partial charge is 0.0616 e. The van der Waals surface area contributed by atoms with Crippen molar-refractivity contribution in [3.05, 3.63) is 255 Å². The number of benzene rings is 13. The lowest BCUT2D eigenvalue weighted by Crippen LogP contribution is -1.89. The monoisotopic (exact) mass is 834 g/mol. The highest BCUT2D eigenvalue weighted by Crippen LogP contribution is 2.42. The van der Waals surface area contributed by atoms with Gasteiger partial charge in [-0.15, -0.1) is 0 Å². The second-order valence-electron chi connectivity index (χ2n) is 17.6. The third-order valence-corrected chi connectivity index (χ3v) is 13.8. The van der Waals surface area contributed by atoms with E-state index in [1.54, 1.807) is 0 Å². The number of hydrogen-bond acceptors (Lipinski definition) is 0. The Morgan fingerprint density at radius 1 is 0.136 bits per heavy atom. The van der Waals surface area contributed by atoms with Gasteiger partial charge in [0.25, 0.3) is 0 Å². The predicted molar refractivity (Wildman–Crippen MR) is 284 cm³/mol. The molecular formula is C66H42. The average Bonchev–Trinajstić information content (AvgIpc) is 3.39. The molecule has 0 spiro atoms. The van der Waals surface area contributed by atoms with Crippen molar-refractivity contribution < 1.29 is 0 Å². The van der Waals surface area contributed by atoms with Crippen LogP contribution in [0.2, 0.25) is 0 Å². The molecule has 0 aliphatic rings. The second-order valence-corrected chi connectivity index (χ2v) is 17.6. The van der Waals surface area contributed by atoms with Gasteiger partial charge in [-0.1, -0.05) is 206 Å². The Hall–Kier alpha value is -8.58. The Morgan fingerprint density at radius 2 is 0.409 bits per heavy atom. The topological polar surface area (TPSA) is 0 Å². The summed E-state index contributed by atoms with van der Waals surface area (Å²) in [5.41, 5.74) is 14.6. The maximum atomic E-state index is 2.38. The molecule has 66 heavy (non-hydrogen) atoms. The van der Waals surface area contributed by atoms with Gasteiger partial charge in [0.1, 0.15) is 0 Å². The van der Waals surface area contributed by atoms with E-state index < -0.39 is 0 Å². The molecule has 0 aromatic heterocycles. The van der Waals surface area contributed by atoms with Gasteiger partial charge in [-0.2, -0.15) is 0 Å². The molecule has 0 nitrogen and oxygen atoms in total. The molecule has 0 fully saturated rings. The third kappa shape index (κ3) is 6.54. The van der Waals surface area contributed by atoms with Crippen LogP contribution in [0.15, 0.2) is 255 Å². The van der Waals surface area contributed by atoms with Gasteiger partial charge in [0, 0.05) is 0 Å². The van der Waals surface area contributed by atoms with Crippen LogP contribution in [0.5, 0.6) is 0 Å². The minimum absolute atomic E-state index is 1.20. The van der Waals surface area contributed by atoms with Crippen LogP contribution in [0.4, 0.5) is 0 Å². The van der Waals surface area contributed by atoms with Crippen LogP contribution in [-0.2, 0) is 0 Å². The highest BCUT2D eigenvalue weighted by molar-refractivity contribution is 6.10. The van der Waals surface area contributed by atoms with Crippen LogP contribution in [0.25, 0.3) is 131 Å². The first-order valence-electron chi connectivity index (χ1n) is 22.9. The van der Waals surface area contributed by atoms with E-state index in [0.29, 0.717) is 0 Å². The maximum absolute atomic E-state index is 2.38. The van der Waals surface area contributed by atoms with E-state index >= 15 is 0 Å². The molecular weight excluding hydrogens is 793 g/mol. The van der Waals surface area contributed by atoms with Gasteiger partial charge in [-0.05, 0) is 180 Å². The van der Waals surface area contributed by atoms with Crippen LogP contribution in [0, 0.1) is 0 Å². The second kappa shape index (κ2) is 15.6. The van der Waals surface area contributed by atoms with Crippen molar-refractivity contribution in [1.82, 2.24) is 0 Å². The summed E-state index contributed by atoms with van der Waals surface area (Å²) in [7, 11) is 0. The fourth-order valence-electron chi connectivity index (χ4n) is 10.5. The lowest BCUT2D eigenvalue weighted by Gasteiger charge is -2.16. The van der Waals surface area contributed by atoms with Gasteiger partial charge in [0.05, 0.1) is 0 Å². The molecule has 0 N–H and O–H groups in total. The Morgan fingerprint density at radius 3 is 0.727 bits per heavy atom. The van der Waals surface area contributed by atoms with Crippen molar-refractivity contribution in [2.24, 2.45) is 0 Å². The van der Waals surface area contributed by atoms with Crippen molar-refractivity contribution in [2.45, 2.75) is 0 Å². The van der Waals surface area contributed by atoms with Crippen LogP contribution >= 0.6 is 0 Å². The Bertz CT molecular complexity index is 3580. The summed E-state index contributed by atoms with van der Waals surface area (Å²) in [6, 6.07) is 94.4. The highest BCUT2D eigenvalue weighted by atomic mass is 14.2. The van der Waals surface area contributed by atoms with E-state index in [1.807, 2.05) is 0 Å². The fraction of sp³-hybridized carbons (Fsp3) is 0. The Labute approximate surface area is 384 Å².